The summed E-state index contributed by atoms with van der Waals surface area (Å²) in [4.78, 5) is 24.2. The molecular formula is C12H16ClN3O4. The number of hydrogen-bond donors (Lipinski definition) is 1. The van der Waals surface area contributed by atoms with E-state index in [2.05, 4.69) is 10.2 Å². The Hall–Kier alpha value is -1.60. The molecule has 0 radical (unpaired) electrons. The summed E-state index contributed by atoms with van der Waals surface area (Å²) < 4.78 is 4.90. The molecule has 1 aromatic rings. The number of piperidine rings is 3. The van der Waals surface area contributed by atoms with Crippen LogP contribution < -0.4 is 5.32 Å². The number of amides is 1. The Balaban J connectivity index is 0.00000147. The maximum absolute atomic E-state index is 12.0. The molecule has 110 valence electrons. The molecule has 4 rings (SSSR count). The number of fused-ring (bicyclic) bond motifs is 3. The van der Waals surface area contributed by atoms with E-state index in [1.165, 1.54) is 12.1 Å². The van der Waals surface area contributed by atoms with Crippen LogP contribution in [0.15, 0.2) is 16.5 Å². The van der Waals surface area contributed by atoms with Crippen LogP contribution >= 0.6 is 12.4 Å². The standard InChI is InChI=1S/C12H15N3O4.ClH/c16-12(10-1-2-11(19-10)15(17)18)13-9-7-14-5-3-8(9)4-6-14;/h1-2,8-9H,3-7H2,(H,13,16);1H/t9-;/m0./s1. The quantitative estimate of drug-likeness (QED) is 0.674. The van der Waals surface area contributed by atoms with Crippen LogP contribution in [0.3, 0.4) is 0 Å². The van der Waals surface area contributed by atoms with Crippen LogP contribution in [0.5, 0.6) is 0 Å². The lowest BCUT2D eigenvalue weighted by Crippen LogP contribution is -2.57. The fraction of sp³-hybridized carbons (Fsp3) is 0.583. The molecule has 3 saturated heterocycles. The summed E-state index contributed by atoms with van der Waals surface area (Å²) in [5.74, 6) is -0.257. The Bertz CT molecular complexity index is 511. The van der Waals surface area contributed by atoms with Gasteiger partial charge in [0.05, 0.1) is 6.07 Å². The van der Waals surface area contributed by atoms with Crippen LogP contribution in [0.25, 0.3) is 0 Å². The smallest absolute Gasteiger partial charge is 0.395 e. The van der Waals surface area contributed by atoms with Gasteiger partial charge < -0.3 is 14.6 Å². The van der Waals surface area contributed by atoms with Gasteiger partial charge in [0.1, 0.15) is 4.92 Å². The molecule has 8 heteroatoms. The SMILES string of the molecule is Cl.O=C(N[C@H]1CN2CCC1CC2)c1ccc([N+](=O)[O-])o1. The minimum atomic E-state index is -0.648. The maximum Gasteiger partial charge on any atom is 0.433 e. The van der Waals surface area contributed by atoms with Gasteiger partial charge in [-0.2, -0.15) is 0 Å². The fourth-order valence-electron chi connectivity index (χ4n) is 2.92. The second kappa shape index (κ2) is 5.80. The fourth-order valence-corrected chi connectivity index (χ4v) is 2.92. The Labute approximate surface area is 121 Å². The van der Waals surface area contributed by atoms with Crippen molar-refractivity contribution in [1.29, 1.82) is 0 Å². The number of halogens is 1. The number of nitro groups is 1. The molecule has 1 amide bonds. The molecule has 1 N–H and O–H groups in total. The van der Waals surface area contributed by atoms with E-state index in [1.54, 1.807) is 0 Å². The second-order valence-corrected chi connectivity index (χ2v) is 5.11. The second-order valence-electron chi connectivity index (χ2n) is 5.11. The first-order chi connectivity index (χ1) is 9.13. The molecule has 7 nitrogen and oxygen atoms in total. The van der Waals surface area contributed by atoms with Gasteiger partial charge in [-0.15, -0.1) is 12.4 Å². The predicted octanol–water partition coefficient (Wildman–Crippen LogP) is 1.43. The topological polar surface area (TPSA) is 88.6 Å². The molecule has 0 spiro atoms. The van der Waals surface area contributed by atoms with Crippen molar-refractivity contribution in [1.82, 2.24) is 10.2 Å². The van der Waals surface area contributed by atoms with Gasteiger partial charge in [0.2, 0.25) is 0 Å². The number of furan rings is 1. The third kappa shape index (κ3) is 2.78. The van der Waals surface area contributed by atoms with Gasteiger partial charge in [-0.3, -0.25) is 14.9 Å². The monoisotopic (exact) mass is 301 g/mol. The first-order valence-electron chi connectivity index (χ1n) is 6.41. The van der Waals surface area contributed by atoms with E-state index < -0.39 is 10.8 Å². The van der Waals surface area contributed by atoms with Crippen LogP contribution in [-0.2, 0) is 0 Å². The summed E-state index contributed by atoms with van der Waals surface area (Å²) >= 11 is 0. The lowest BCUT2D eigenvalue weighted by Gasteiger charge is -2.44. The summed E-state index contributed by atoms with van der Waals surface area (Å²) in [6, 6.07) is 2.67. The lowest BCUT2D eigenvalue weighted by atomic mass is 9.84. The highest BCUT2D eigenvalue weighted by Gasteiger charge is 2.35. The van der Waals surface area contributed by atoms with Gasteiger partial charge in [-0.05, 0) is 37.9 Å². The van der Waals surface area contributed by atoms with E-state index in [0.717, 1.165) is 32.5 Å². The van der Waals surface area contributed by atoms with Crippen molar-refractivity contribution >= 4 is 24.2 Å². The molecule has 0 saturated carbocycles. The minimum absolute atomic E-state index is 0. The van der Waals surface area contributed by atoms with Crippen molar-refractivity contribution in [2.75, 3.05) is 19.6 Å². The first-order valence-corrected chi connectivity index (χ1v) is 6.41. The Morgan fingerprint density at radius 2 is 2.10 bits per heavy atom. The number of nitrogens with zero attached hydrogens (tertiary/aromatic N) is 2. The predicted molar refractivity (Wildman–Crippen MR) is 73.0 cm³/mol. The zero-order chi connectivity index (χ0) is 13.4. The maximum atomic E-state index is 12.0. The van der Waals surface area contributed by atoms with Crippen LogP contribution in [0.4, 0.5) is 5.88 Å². The molecule has 2 bridgehead atoms. The van der Waals surface area contributed by atoms with E-state index >= 15 is 0 Å². The average Bonchev–Trinajstić information content (AvgIpc) is 2.90. The summed E-state index contributed by atoms with van der Waals surface area (Å²) in [5.41, 5.74) is 0. The number of nitrogens with one attached hydrogen (secondary N) is 1. The number of carbonyl (C=O) groups excluding carboxylic acids is 1. The van der Waals surface area contributed by atoms with Gasteiger partial charge in [0.15, 0.2) is 5.76 Å². The molecule has 4 heterocycles. The van der Waals surface area contributed by atoms with Gasteiger partial charge in [-0.25, -0.2) is 0 Å². The van der Waals surface area contributed by atoms with Crippen molar-refractivity contribution < 1.29 is 14.1 Å². The molecule has 3 aliphatic rings. The Kier molecular flexibility index (Phi) is 4.29. The van der Waals surface area contributed by atoms with Crippen molar-refractivity contribution in [2.24, 2.45) is 5.92 Å². The molecule has 3 aliphatic heterocycles. The molecule has 0 aromatic carbocycles. The van der Waals surface area contributed by atoms with Crippen molar-refractivity contribution in [3.8, 4) is 0 Å². The molecule has 0 unspecified atom stereocenters. The number of carbonyl (C=O) groups is 1. The third-order valence-electron chi connectivity index (χ3n) is 3.97. The van der Waals surface area contributed by atoms with Crippen LogP contribution in [0, 0.1) is 16.0 Å². The molecule has 3 fully saturated rings. The van der Waals surface area contributed by atoms with E-state index in [9.17, 15) is 14.9 Å². The van der Waals surface area contributed by atoms with Gasteiger partial charge >= 0.3 is 5.88 Å². The van der Waals surface area contributed by atoms with E-state index in [4.69, 9.17) is 4.42 Å². The number of rotatable bonds is 3. The summed E-state index contributed by atoms with van der Waals surface area (Å²) in [6.07, 6.45) is 2.20. The molecule has 1 atom stereocenters. The summed E-state index contributed by atoms with van der Waals surface area (Å²) in [6.45, 7) is 3.06. The van der Waals surface area contributed by atoms with Gasteiger partial charge in [0.25, 0.3) is 5.91 Å². The Morgan fingerprint density at radius 1 is 1.40 bits per heavy atom. The summed E-state index contributed by atoms with van der Waals surface area (Å²) in [7, 11) is 0. The van der Waals surface area contributed by atoms with Crippen LogP contribution in [0.2, 0.25) is 0 Å². The van der Waals surface area contributed by atoms with Crippen molar-refractivity contribution in [3.05, 3.63) is 28.0 Å². The summed E-state index contributed by atoms with van der Waals surface area (Å²) in [5, 5.41) is 13.4. The van der Waals surface area contributed by atoms with E-state index in [0.29, 0.717) is 5.92 Å². The third-order valence-corrected chi connectivity index (χ3v) is 3.97. The highest BCUT2D eigenvalue weighted by Crippen LogP contribution is 2.27. The molecule has 20 heavy (non-hydrogen) atoms. The van der Waals surface area contributed by atoms with Gasteiger partial charge in [0, 0.05) is 12.6 Å². The zero-order valence-electron chi connectivity index (χ0n) is 10.8. The minimum Gasteiger partial charge on any atom is -0.395 e. The zero-order valence-corrected chi connectivity index (χ0v) is 11.6. The lowest BCUT2D eigenvalue weighted by molar-refractivity contribution is -0.402. The normalized spacial score (nSPS) is 27.7. The largest absolute Gasteiger partial charge is 0.433 e. The van der Waals surface area contributed by atoms with E-state index in [-0.39, 0.29) is 30.1 Å². The van der Waals surface area contributed by atoms with Crippen LogP contribution in [0.1, 0.15) is 23.4 Å². The Morgan fingerprint density at radius 3 is 2.60 bits per heavy atom. The highest BCUT2D eigenvalue weighted by atomic mass is 35.5. The van der Waals surface area contributed by atoms with Crippen molar-refractivity contribution in [3.63, 3.8) is 0 Å². The highest BCUT2D eigenvalue weighted by molar-refractivity contribution is 5.92. The molecule has 1 aromatic heterocycles. The molecule has 0 aliphatic carbocycles. The number of hydrogen-bond acceptors (Lipinski definition) is 5. The van der Waals surface area contributed by atoms with Crippen molar-refractivity contribution in [2.45, 2.75) is 18.9 Å². The first kappa shape index (κ1) is 14.8. The molecular weight excluding hydrogens is 286 g/mol. The average molecular weight is 302 g/mol. The van der Waals surface area contributed by atoms with Gasteiger partial charge in [-0.1, -0.05) is 0 Å². The van der Waals surface area contributed by atoms with E-state index in [1.807, 2.05) is 0 Å². The van der Waals surface area contributed by atoms with Crippen LogP contribution in [-0.4, -0.2) is 41.4 Å².